The zero-order chi connectivity index (χ0) is 35.7. The fourth-order valence-corrected chi connectivity index (χ4v) is 8.99. The number of hydrogen-bond acceptors (Lipinski definition) is 4. The predicted molar refractivity (Wildman–Crippen MR) is 201 cm³/mol. The molecule has 258 valence electrons. The molecule has 0 saturated carbocycles. The van der Waals surface area contributed by atoms with Crippen LogP contribution in [0.5, 0.6) is 11.5 Å². The van der Waals surface area contributed by atoms with Gasteiger partial charge in [-0.25, -0.2) is 0 Å². The SMILES string of the molecule is CCC(C)(CC)c1ccc2c(c1)C(c1ccc(O)cc1)c1cc3c(cc1-2)C(c1ccc(O)c(S(=O)(=O)O)c1)c1cc(C(C)(CC)CC)ccc1-3. The fourth-order valence-electron chi connectivity index (χ4n) is 8.38. The second kappa shape index (κ2) is 12.1. The molecule has 0 radical (unpaired) electrons. The lowest BCUT2D eigenvalue weighted by Gasteiger charge is -2.28. The molecule has 0 aliphatic heterocycles. The Hall–Kier alpha value is -4.39. The number of fused-ring (bicyclic) bond motifs is 6. The van der Waals surface area contributed by atoms with Gasteiger partial charge in [0, 0.05) is 11.8 Å². The van der Waals surface area contributed by atoms with Gasteiger partial charge < -0.3 is 10.2 Å². The number of benzene rings is 5. The zero-order valence-corrected chi connectivity index (χ0v) is 30.5. The van der Waals surface area contributed by atoms with Gasteiger partial charge in [-0.2, -0.15) is 8.42 Å². The maximum absolute atomic E-state index is 12.4. The van der Waals surface area contributed by atoms with Crippen molar-refractivity contribution in [3.05, 3.63) is 136 Å². The van der Waals surface area contributed by atoms with Crippen LogP contribution < -0.4 is 0 Å². The molecule has 2 aliphatic rings. The first-order chi connectivity index (χ1) is 23.8. The van der Waals surface area contributed by atoms with E-state index in [4.69, 9.17) is 0 Å². The highest BCUT2D eigenvalue weighted by molar-refractivity contribution is 7.86. The maximum Gasteiger partial charge on any atom is 0.298 e. The minimum atomic E-state index is -4.66. The van der Waals surface area contributed by atoms with Crippen LogP contribution in [0.25, 0.3) is 22.3 Å². The summed E-state index contributed by atoms with van der Waals surface area (Å²) in [6.07, 6.45) is 4.01. The van der Waals surface area contributed by atoms with Crippen molar-refractivity contribution >= 4 is 10.1 Å². The van der Waals surface area contributed by atoms with Crippen molar-refractivity contribution in [1.29, 1.82) is 0 Å². The van der Waals surface area contributed by atoms with E-state index in [2.05, 4.69) is 90.1 Å². The van der Waals surface area contributed by atoms with E-state index in [1.807, 2.05) is 12.1 Å². The average Bonchev–Trinajstić information content (AvgIpc) is 3.61. The molecule has 0 spiro atoms. The number of phenols is 2. The molecule has 7 rings (SSSR count). The largest absolute Gasteiger partial charge is 0.508 e. The summed E-state index contributed by atoms with van der Waals surface area (Å²) in [5.41, 5.74) is 13.4. The van der Waals surface area contributed by atoms with Crippen LogP contribution in [0, 0.1) is 0 Å². The van der Waals surface area contributed by atoms with E-state index in [-0.39, 0.29) is 28.4 Å². The molecule has 6 heteroatoms. The second-order valence-corrected chi connectivity index (χ2v) is 16.2. The van der Waals surface area contributed by atoms with Crippen LogP contribution in [0.1, 0.15) is 124 Å². The first-order valence-corrected chi connectivity index (χ1v) is 19.3. The minimum Gasteiger partial charge on any atom is -0.508 e. The van der Waals surface area contributed by atoms with Gasteiger partial charge in [-0.3, -0.25) is 4.55 Å². The number of phenolic OH excluding ortho intramolecular Hbond substituents is 2. The highest BCUT2D eigenvalue weighted by atomic mass is 32.2. The molecule has 5 nitrogen and oxygen atoms in total. The summed E-state index contributed by atoms with van der Waals surface area (Å²) < 4.78 is 34.8. The van der Waals surface area contributed by atoms with Gasteiger partial charge in [0.1, 0.15) is 16.4 Å². The molecule has 3 N–H and O–H groups in total. The van der Waals surface area contributed by atoms with E-state index in [0.29, 0.717) is 5.56 Å². The maximum atomic E-state index is 12.4. The molecule has 2 atom stereocenters. The normalized spacial score (nSPS) is 16.5. The molecule has 0 aromatic heterocycles. The molecule has 2 aliphatic carbocycles. The van der Waals surface area contributed by atoms with Crippen LogP contribution in [0.2, 0.25) is 0 Å². The summed E-state index contributed by atoms with van der Waals surface area (Å²) in [6, 6.07) is 30.4. The Balaban J connectivity index is 1.51. The van der Waals surface area contributed by atoms with Gasteiger partial charge in [0.15, 0.2) is 0 Å². The van der Waals surface area contributed by atoms with Crippen molar-refractivity contribution in [2.24, 2.45) is 0 Å². The molecule has 0 amide bonds. The van der Waals surface area contributed by atoms with Crippen molar-refractivity contribution in [2.45, 2.75) is 94.8 Å². The molecular formula is C44H46O5S. The average molecular weight is 687 g/mol. The fraction of sp³-hybridized carbons (Fsp3) is 0.318. The molecular weight excluding hydrogens is 641 g/mol. The van der Waals surface area contributed by atoms with Crippen LogP contribution in [-0.2, 0) is 20.9 Å². The topological polar surface area (TPSA) is 94.8 Å². The van der Waals surface area contributed by atoms with E-state index >= 15 is 0 Å². The lowest BCUT2D eigenvalue weighted by molar-refractivity contribution is 0.438. The monoisotopic (exact) mass is 686 g/mol. The Labute approximate surface area is 296 Å². The first-order valence-electron chi connectivity index (χ1n) is 17.8. The number of rotatable bonds is 9. The van der Waals surface area contributed by atoms with Crippen molar-refractivity contribution in [3.63, 3.8) is 0 Å². The molecule has 0 saturated heterocycles. The predicted octanol–water partition coefficient (Wildman–Crippen LogP) is 10.8. The third kappa shape index (κ3) is 5.27. The van der Waals surface area contributed by atoms with Crippen LogP contribution in [-0.4, -0.2) is 23.2 Å². The van der Waals surface area contributed by atoms with E-state index in [0.717, 1.165) is 59.1 Å². The number of aromatic hydroxyl groups is 2. The smallest absolute Gasteiger partial charge is 0.298 e. The lowest BCUT2D eigenvalue weighted by atomic mass is 9.76. The van der Waals surface area contributed by atoms with Crippen molar-refractivity contribution in [1.82, 2.24) is 0 Å². The molecule has 5 aromatic carbocycles. The van der Waals surface area contributed by atoms with Gasteiger partial charge in [-0.05, 0) is 140 Å². The molecule has 50 heavy (non-hydrogen) atoms. The van der Waals surface area contributed by atoms with E-state index in [1.54, 1.807) is 18.2 Å². The summed E-state index contributed by atoms with van der Waals surface area (Å²) >= 11 is 0. The Morgan fingerprint density at radius 1 is 0.540 bits per heavy atom. The standard InChI is InChI=1S/C44H46O5S/c1-7-43(5,8-2)28-14-18-31-33-25-38-34(24-37(33)41(35(31)22-28)26-11-16-30(45)17-12-26)32-19-15-29(44(6,9-3)10-4)23-36(32)42(38)27-13-20-39(46)40(21-27)50(47,48)49/h11-25,41-42,45-46H,7-10H2,1-6H3,(H,47,48,49). The molecule has 0 heterocycles. The Morgan fingerprint density at radius 3 is 1.40 bits per heavy atom. The van der Waals surface area contributed by atoms with Crippen molar-refractivity contribution < 1.29 is 23.2 Å². The van der Waals surface area contributed by atoms with Crippen LogP contribution in [0.4, 0.5) is 0 Å². The molecule has 0 bridgehead atoms. The molecule has 2 unspecified atom stereocenters. The third-order valence-corrected chi connectivity index (χ3v) is 13.4. The van der Waals surface area contributed by atoms with Gasteiger partial charge >= 0.3 is 0 Å². The van der Waals surface area contributed by atoms with Crippen molar-refractivity contribution in [3.8, 4) is 33.8 Å². The van der Waals surface area contributed by atoms with Crippen molar-refractivity contribution in [2.75, 3.05) is 0 Å². The Kier molecular flexibility index (Phi) is 8.27. The zero-order valence-electron chi connectivity index (χ0n) is 29.7. The molecule has 5 aromatic rings. The van der Waals surface area contributed by atoms with E-state index in [1.165, 1.54) is 39.9 Å². The third-order valence-electron chi connectivity index (χ3n) is 12.5. The van der Waals surface area contributed by atoms with Crippen LogP contribution in [0.3, 0.4) is 0 Å². The molecule has 0 fully saturated rings. The summed E-state index contributed by atoms with van der Waals surface area (Å²) in [5.74, 6) is -0.594. The van der Waals surface area contributed by atoms with Gasteiger partial charge in [-0.1, -0.05) is 96.1 Å². The number of hydrogen-bond donors (Lipinski definition) is 3. The van der Waals surface area contributed by atoms with Crippen LogP contribution in [0.15, 0.2) is 95.9 Å². The van der Waals surface area contributed by atoms with Gasteiger partial charge in [-0.15, -0.1) is 0 Å². The second-order valence-electron chi connectivity index (χ2n) is 14.8. The van der Waals surface area contributed by atoms with E-state index in [9.17, 15) is 23.2 Å². The Bertz CT molecular complexity index is 2240. The summed E-state index contributed by atoms with van der Waals surface area (Å²) in [4.78, 5) is -0.491. The first kappa shape index (κ1) is 34.1. The van der Waals surface area contributed by atoms with Gasteiger partial charge in [0.2, 0.25) is 0 Å². The van der Waals surface area contributed by atoms with Gasteiger partial charge in [0.25, 0.3) is 10.1 Å². The summed E-state index contributed by atoms with van der Waals surface area (Å²) in [6.45, 7) is 13.5. The van der Waals surface area contributed by atoms with Gasteiger partial charge in [0.05, 0.1) is 0 Å². The quantitative estimate of drug-likeness (QED) is 0.131. The Morgan fingerprint density at radius 2 is 0.960 bits per heavy atom. The van der Waals surface area contributed by atoms with E-state index < -0.39 is 20.8 Å². The van der Waals surface area contributed by atoms with Crippen LogP contribution >= 0.6 is 0 Å². The summed E-state index contributed by atoms with van der Waals surface area (Å²) in [7, 11) is -4.66. The minimum absolute atomic E-state index is 0.0310. The highest BCUT2D eigenvalue weighted by Gasteiger charge is 2.39. The summed E-state index contributed by atoms with van der Waals surface area (Å²) in [5, 5.41) is 20.7. The highest BCUT2D eigenvalue weighted by Crippen LogP contribution is 2.57. The lowest BCUT2D eigenvalue weighted by Crippen LogP contribution is -2.19.